The summed E-state index contributed by atoms with van der Waals surface area (Å²) in [6.45, 7) is 1.84. The Morgan fingerprint density at radius 2 is 1.86 bits per heavy atom. The Hall–Kier alpha value is -1.72. The van der Waals surface area contributed by atoms with Crippen LogP contribution < -0.4 is 11.1 Å². The van der Waals surface area contributed by atoms with Crippen molar-refractivity contribution in [3.63, 3.8) is 0 Å². The molecule has 0 heterocycles. The van der Waals surface area contributed by atoms with Gasteiger partial charge in [0, 0.05) is 17.3 Å². The molecule has 1 aliphatic rings. The number of alkyl halides is 3. The second kappa shape index (κ2) is 5.95. The summed E-state index contributed by atoms with van der Waals surface area (Å²) in [4.78, 5) is 12.1. The van der Waals surface area contributed by atoms with Crippen LogP contribution in [0.25, 0.3) is 0 Å². The van der Waals surface area contributed by atoms with E-state index in [2.05, 4.69) is 5.32 Å². The molecule has 1 saturated carbocycles. The number of amides is 1. The standard InChI is InChI=1S/C15H19F3N2O/c1-9-2-3-10(8-13(9)19)14(21)20-12-6-4-11(5-7-12)15(16,17)18/h2-3,8,11-12H,4-7,19H2,1H3,(H,20,21). The van der Waals surface area contributed by atoms with E-state index in [1.807, 2.05) is 6.92 Å². The zero-order valence-corrected chi connectivity index (χ0v) is 11.8. The number of aryl methyl sites for hydroxylation is 1. The van der Waals surface area contributed by atoms with Crippen molar-refractivity contribution in [3.8, 4) is 0 Å². The first-order valence-corrected chi connectivity index (χ1v) is 7.01. The molecular weight excluding hydrogens is 281 g/mol. The fourth-order valence-electron chi connectivity index (χ4n) is 2.62. The van der Waals surface area contributed by atoms with E-state index in [-0.39, 0.29) is 24.8 Å². The number of anilines is 1. The van der Waals surface area contributed by atoms with Crippen molar-refractivity contribution in [1.29, 1.82) is 0 Å². The van der Waals surface area contributed by atoms with E-state index in [1.165, 1.54) is 0 Å². The molecule has 0 aromatic heterocycles. The van der Waals surface area contributed by atoms with Gasteiger partial charge in [-0.25, -0.2) is 0 Å². The third kappa shape index (κ3) is 3.89. The molecule has 116 valence electrons. The van der Waals surface area contributed by atoms with Crippen molar-refractivity contribution in [2.75, 3.05) is 5.73 Å². The van der Waals surface area contributed by atoms with Crippen molar-refractivity contribution >= 4 is 11.6 Å². The van der Waals surface area contributed by atoms with E-state index < -0.39 is 12.1 Å². The van der Waals surface area contributed by atoms with Gasteiger partial charge in [0.15, 0.2) is 0 Å². The molecule has 1 amide bonds. The van der Waals surface area contributed by atoms with Crippen LogP contribution in [0.2, 0.25) is 0 Å². The first-order chi connectivity index (χ1) is 9.77. The summed E-state index contributed by atoms with van der Waals surface area (Å²) in [5, 5.41) is 2.79. The van der Waals surface area contributed by atoms with Crippen molar-refractivity contribution < 1.29 is 18.0 Å². The van der Waals surface area contributed by atoms with Crippen molar-refractivity contribution in [3.05, 3.63) is 29.3 Å². The fourth-order valence-corrected chi connectivity index (χ4v) is 2.62. The molecule has 1 aromatic carbocycles. The van der Waals surface area contributed by atoms with Crippen LogP contribution in [0.15, 0.2) is 18.2 Å². The number of carbonyl (C=O) groups excluding carboxylic acids is 1. The van der Waals surface area contributed by atoms with E-state index in [0.717, 1.165) is 5.56 Å². The van der Waals surface area contributed by atoms with E-state index >= 15 is 0 Å². The monoisotopic (exact) mass is 300 g/mol. The van der Waals surface area contributed by atoms with Crippen LogP contribution in [0.3, 0.4) is 0 Å². The molecule has 0 saturated heterocycles. The van der Waals surface area contributed by atoms with Crippen LogP contribution in [0.1, 0.15) is 41.6 Å². The third-order valence-corrected chi connectivity index (χ3v) is 4.07. The van der Waals surface area contributed by atoms with Crippen molar-refractivity contribution in [2.24, 2.45) is 5.92 Å². The molecule has 0 aliphatic heterocycles. The van der Waals surface area contributed by atoms with Gasteiger partial charge in [-0.15, -0.1) is 0 Å². The highest BCUT2D eigenvalue weighted by atomic mass is 19.4. The van der Waals surface area contributed by atoms with Crippen LogP contribution in [0.4, 0.5) is 18.9 Å². The van der Waals surface area contributed by atoms with Gasteiger partial charge in [0.2, 0.25) is 0 Å². The molecule has 21 heavy (non-hydrogen) atoms. The summed E-state index contributed by atoms with van der Waals surface area (Å²) in [7, 11) is 0. The topological polar surface area (TPSA) is 55.1 Å². The highest BCUT2D eigenvalue weighted by molar-refractivity contribution is 5.95. The maximum atomic E-state index is 12.6. The normalized spacial score (nSPS) is 22.9. The molecule has 0 radical (unpaired) electrons. The SMILES string of the molecule is Cc1ccc(C(=O)NC2CCC(C(F)(F)F)CC2)cc1N. The first-order valence-electron chi connectivity index (χ1n) is 7.01. The van der Waals surface area contributed by atoms with E-state index in [9.17, 15) is 18.0 Å². The Bertz CT molecular complexity index is 520. The predicted octanol–water partition coefficient (Wildman–Crippen LogP) is 3.43. The molecule has 3 nitrogen and oxygen atoms in total. The molecule has 3 N–H and O–H groups in total. The molecule has 1 aliphatic carbocycles. The minimum atomic E-state index is -4.12. The zero-order chi connectivity index (χ0) is 15.6. The molecule has 0 unspecified atom stereocenters. The number of hydrogen-bond acceptors (Lipinski definition) is 2. The summed E-state index contributed by atoms with van der Waals surface area (Å²) >= 11 is 0. The largest absolute Gasteiger partial charge is 0.398 e. The average molecular weight is 300 g/mol. The van der Waals surface area contributed by atoms with Gasteiger partial charge in [0.1, 0.15) is 0 Å². The number of rotatable bonds is 2. The van der Waals surface area contributed by atoms with Gasteiger partial charge in [0.25, 0.3) is 5.91 Å². The number of halogens is 3. The number of carbonyl (C=O) groups is 1. The minimum Gasteiger partial charge on any atom is -0.398 e. The first kappa shape index (κ1) is 15.7. The van der Waals surface area contributed by atoms with E-state index in [0.29, 0.717) is 24.1 Å². The summed E-state index contributed by atoms with van der Waals surface area (Å²) < 4.78 is 37.7. The maximum absolute atomic E-state index is 12.6. The van der Waals surface area contributed by atoms with Gasteiger partial charge < -0.3 is 11.1 Å². The van der Waals surface area contributed by atoms with Gasteiger partial charge in [-0.05, 0) is 50.3 Å². The summed E-state index contributed by atoms with van der Waals surface area (Å²) in [6.07, 6.45) is -3.26. The van der Waals surface area contributed by atoms with Crippen LogP contribution in [-0.2, 0) is 0 Å². The number of nitrogens with two attached hydrogens (primary N) is 1. The molecule has 0 spiro atoms. The smallest absolute Gasteiger partial charge is 0.391 e. The summed E-state index contributed by atoms with van der Waals surface area (Å²) in [5.74, 6) is -1.52. The lowest BCUT2D eigenvalue weighted by atomic mass is 9.85. The average Bonchev–Trinajstić information content (AvgIpc) is 2.41. The van der Waals surface area contributed by atoms with Gasteiger partial charge in [0.05, 0.1) is 5.92 Å². The van der Waals surface area contributed by atoms with Crippen molar-refractivity contribution in [2.45, 2.75) is 44.8 Å². The lowest BCUT2D eigenvalue weighted by molar-refractivity contribution is -0.182. The Balaban J connectivity index is 1.91. The molecule has 2 rings (SSSR count). The molecule has 1 aromatic rings. The molecule has 1 fully saturated rings. The predicted molar refractivity (Wildman–Crippen MR) is 74.9 cm³/mol. The number of benzene rings is 1. The second-order valence-electron chi connectivity index (χ2n) is 5.63. The quantitative estimate of drug-likeness (QED) is 0.822. The fraction of sp³-hybridized carbons (Fsp3) is 0.533. The van der Waals surface area contributed by atoms with Crippen LogP contribution in [0, 0.1) is 12.8 Å². The second-order valence-corrected chi connectivity index (χ2v) is 5.63. The van der Waals surface area contributed by atoms with E-state index in [4.69, 9.17) is 5.73 Å². The summed E-state index contributed by atoms with van der Waals surface area (Å²) in [5.41, 5.74) is 7.61. The van der Waals surface area contributed by atoms with Gasteiger partial charge in [-0.2, -0.15) is 13.2 Å². The number of nitrogen functional groups attached to an aromatic ring is 1. The van der Waals surface area contributed by atoms with Gasteiger partial charge in [-0.3, -0.25) is 4.79 Å². The van der Waals surface area contributed by atoms with Crippen LogP contribution >= 0.6 is 0 Å². The highest BCUT2D eigenvalue weighted by Crippen LogP contribution is 2.37. The lowest BCUT2D eigenvalue weighted by Crippen LogP contribution is -2.40. The lowest BCUT2D eigenvalue weighted by Gasteiger charge is -2.30. The molecule has 0 atom stereocenters. The minimum absolute atomic E-state index is 0.0739. The highest BCUT2D eigenvalue weighted by Gasteiger charge is 2.41. The third-order valence-electron chi connectivity index (χ3n) is 4.07. The zero-order valence-electron chi connectivity index (χ0n) is 11.8. The summed E-state index contributed by atoms with van der Waals surface area (Å²) in [6, 6.07) is 4.82. The Kier molecular flexibility index (Phi) is 4.44. The van der Waals surface area contributed by atoms with Crippen LogP contribution in [-0.4, -0.2) is 18.1 Å². The Morgan fingerprint density at radius 1 is 1.24 bits per heavy atom. The Morgan fingerprint density at radius 3 is 2.38 bits per heavy atom. The Labute approximate surface area is 121 Å². The van der Waals surface area contributed by atoms with Gasteiger partial charge in [-0.1, -0.05) is 6.07 Å². The molecule has 0 bridgehead atoms. The van der Waals surface area contributed by atoms with Crippen molar-refractivity contribution in [1.82, 2.24) is 5.32 Å². The van der Waals surface area contributed by atoms with Gasteiger partial charge >= 0.3 is 6.18 Å². The molecule has 6 heteroatoms. The molecular formula is C15H19F3N2O. The van der Waals surface area contributed by atoms with E-state index in [1.54, 1.807) is 18.2 Å². The van der Waals surface area contributed by atoms with Crippen LogP contribution in [0.5, 0.6) is 0 Å². The maximum Gasteiger partial charge on any atom is 0.391 e. The number of hydrogen-bond donors (Lipinski definition) is 2. The number of nitrogens with one attached hydrogen (secondary N) is 1.